The number of rotatable bonds is 6. The molecule has 2 unspecified atom stereocenters. The Kier molecular flexibility index (Phi) is 4.97. The van der Waals surface area contributed by atoms with Gasteiger partial charge in [-0.3, -0.25) is 4.79 Å². The number of benzene rings is 1. The van der Waals surface area contributed by atoms with Gasteiger partial charge in [0.15, 0.2) is 0 Å². The molecule has 1 aliphatic carbocycles. The average molecular weight is 348 g/mol. The first-order valence-electron chi connectivity index (χ1n) is 8.30. The summed E-state index contributed by atoms with van der Waals surface area (Å²) < 4.78 is 5.21. The van der Waals surface area contributed by atoms with Gasteiger partial charge in [-0.15, -0.1) is 0 Å². The number of carbonyl (C=O) groups excluding carboxylic acids is 1. The Morgan fingerprint density at radius 3 is 2.58 bits per heavy atom. The van der Waals surface area contributed by atoms with Crippen LogP contribution in [0.1, 0.15) is 50.0 Å². The van der Waals surface area contributed by atoms with E-state index in [9.17, 15) is 9.90 Å². The Balaban J connectivity index is 1.65. The molecule has 0 bridgehead atoms. The number of nitrogens with one attached hydrogen (secondary N) is 1. The summed E-state index contributed by atoms with van der Waals surface area (Å²) in [6.45, 7) is 1.90. The minimum atomic E-state index is -0.719. The van der Waals surface area contributed by atoms with E-state index in [-0.39, 0.29) is 11.9 Å². The highest BCUT2D eigenvalue weighted by Gasteiger charge is 2.45. The first kappa shape index (κ1) is 17.1. The van der Waals surface area contributed by atoms with Crippen molar-refractivity contribution in [1.29, 1.82) is 0 Å². The van der Waals surface area contributed by atoms with Gasteiger partial charge >= 0.3 is 0 Å². The Bertz CT molecular complexity index is 677. The molecule has 1 aliphatic rings. The van der Waals surface area contributed by atoms with Crippen LogP contribution >= 0.6 is 11.6 Å². The fraction of sp³-hybridized carbons (Fsp3) is 0.421. The summed E-state index contributed by atoms with van der Waals surface area (Å²) in [6.07, 6.45) is 3.95. The molecule has 1 fully saturated rings. The maximum atomic E-state index is 12.9. The standard InChI is InChI=1S/C19H22ClNO3/c1-13(12-16(22)17-4-2-11-24-17)21-18(23)19(9-3-10-19)14-5-7-15(20)8-6-14/h2,4-8,11,13,16,22H,3,9-10,12H2,1H3,(H,21,23). The minimum absolute atomic E-state index is 0.0233. The zero-order valence-corrected chi connectivity index (χ0v) is 14.4. The molecule has 3 rings (SSSR count). The molecule has 0 spiro atoms. The number of amides is 1. The zero-order chi connectivity index (χ0) is 17.2. The third-order valence-electron chi connectivity index (χ3n) is 4.86. The topological polar surface area (TPSA) is 62.5 Å². The predicted octanol–water partition coefficient (Wildman–Crippen LogP) is 3.98. The van der Waals surface area contributed by atoms with Crippen molar-refractivity contribution in [3.05, 3.63) is 59.0 Å². The molecule has 1 aromatic heterocycles. The van der Waals surface area contributed by atoms with E-state index in [2.05, 4.69) is 5.32 Å². The van der Waals surface area contributed by atoms with Gasteiger partial charge in [0.25, 0.3) is 0 Å². The van der Waals surface area contributed by atoms with Crippen LogP contribution in [0.5, 0.6) is 0 Å². The summed E-state index contributed by atoms with van der Waals surface area (Å²) in [6, 6.07) is 10.9. The quantitative estimate of drug-likeness (QED) is 0.830. The minimum Gasteiger partial charge on any atom is -0.467 e. The van der Waals surface area contributed by atoms with E-state index in [0.717, 1.165) is 24.8 Å². The van der Waals surface area contributed by atoms with Gasteiger partial charge in [0.1, 0.15) is 11.9 Å². The van der Waals surface area contributed by atoms with Crippen LogP contribution in [0.4, 0.5) is 0 Å². The molecule has 0 radical (unpaired) electrons. The SMILES string of the molecule is CC(CC(O)c1ccco1)NC(=O)C1(c2ccc(Cl)cc2)CCC1. The lowest BCUT2D eigenvalue weighted by molar-refractivity contribution is -0.130. The second-order valence-electron chi connectivity index (χ2n) is 6.58. The van der Waals surface area contributed by atoms with E-state index in [1.807, 2.05) is 31.2 Å². The van der Waals surface area contributed by atoms with E-state index in [0.29, 0.717) is 17.2 Å². The summed E-state index contributed by atoms with van der Waals surface area (Å²) in [7, 11) is 0. The van der Waals surface area contributed by atoms with Crippen molar-refractivity contribution in [2.24, 2.45) is 0 Å². The van der Waals surface area contributed by atoms with Crippen LogP contribution < -0.4 is 5.32 Å². The number of halogens is 1. The number of hydrogen-bond donors (Lipinski definition) is 2. The highest BCUT2D eigenvalue weighted by atomic mass is 35.5. The summed E-state index contributed by atoms with van der Waals surface area (Å²) in [4.78, 5) is 12.9. The lowest BCUT2D eigenvalue weighted by Crippen LogP contribution is -2.51. The van der Waals surface area contributed by atoms with Crippen molar-refractivity contribution in [3.8, 4) is 0 Å². The molecule has 4 nitrogen and oxygen atoms in total. The Hall–Kier alpha value is -1.78. The number of aliphatic hydroxyl groups is 1. The maximum absolute atomic E-state index is 12.9. The normalized spacial score (nSPS) is 18.5. The predicted molar refractivity (Wildman–Crippen MR) is 92.9 cm³/mol. The third-order valence-corrected chi connectivity index (χ3v) is 5.12. The van der Waals surface area contributed by atoms with E-state index >= 15 is 0 Å². The lowest BCUT2D eigenvalue weighted by atomic mass is 9.63. The molecule has 2 aromatic rings. The fourth-order valence-corrected chi connectivity index (χ4v) is 3.42. The zero-order valence-electron chi connectivity index (χ0n) is 13.7. The summed E-state index contributed by atoms with van der Waals surface area (Å²) in [5.41, 5.74) is 0.545. The van der Waals surface area contributed by atoms with Gasteiger partial charge in [-0.05, 0) is 49.6 Å². The highest BCUT2D eigenvalue weighted by Crippen LogP contribution is 2.44. The molecule has 1 saturated carbocycles. The number of aliphatic hydroxyl groups excluding tert-OH is 1. The first-order valence-corrected chi connectivity index (χ1v) is 8.67. The van der Waals surface area contributed by atoms with Crippen molar-refractivity contribution in [2.45, 2.75) is 50.2 Å². The van der Waals surface area contributed by atoms with E-state index in [1.54, 1.807) is 12.1 Å². The molecule has 1 heterocycles. The summed E-state index contributed by atoms with van der Waals surface area (Å²) in [5.74, 6) is 0.544. The van der Waals surface area contributed by atoms with Crippen LogP contribution in [0.15, 0.2) is 47.1 Å². The molecular weight excluding hydrogens is 326 g/mol. The van der Waals surface area contributed by atoms with Gasteiger partial charge in [-0.1, -0.05) is 30.2 Å². The van der Waals surface area contributed by atoms with Gasteiger partial charge in [0.05, 0.1) is 11.7 Å². The largest absolute Gasteiger partial charge is 0.467 e. The second kappa shape index (κ2) is 6.99. The molecule has 2 N–H and O–H groups in total. The van der Waals surface area contributed by atoms with Crippen molar-refractivity contribution < 1.29 is 14.3 Å². The van der Waals surface area contributed by atoms with Crippen molar-refractivity contribution in [1.82, 2.24) is 5.32 Å². The van der Waals surface area contributed by atoms with Gasteiger partial charge in [-0.2, -0.15) is 0 Å². The summed E-state index contributed by atoms with van der Waals surface area (Å²) >= 11 is 5.96. The van der Waals surface area contributed by atoms with Crippen molar-refractivity contribution in [3.63, 3.8) is 0 Å². The van der Waals surface area contributed by atoms with Gasteiger partial charge in [-0.25, -0.2) is 0 Å². The van der Waals surface area contributed by atoms with Crippen LogP contribution in [0.25, 0.3) is 0 Å². The highest BCUT2D eigenvalue weighted by molar-refractivity contribution is 6.30. The van der Waals surface area contributed by atoms with Crippen LogP contribution in [-0.4, -0.2) is 17.1 Å². The Morgan fingerprint density at radius 1 is 1.33 bits per heavy atom. The molecule has 128 valence electrons. The number of carbonyl (C=O) groups is 1. The van der Waals surface area contributed by atoms with Crippen LogP contribution in [0.2, 0.25) is 5.02 Å². The van der Waals surface area contributed by atoms with Gasteiger partial charge in [0.2, 0.25) is 5.91 Å². The molecule has 24 heavy (non-hydrogen) atoms. The monoisotopic (exact) mass is 347 g/mol. The molecule has 1 amide bonds. The smallest absolute Gasteiger partial charge is 0.230 e. The number of hydrogen-bond acceptors (Lipinski definition) is 3. The molecule has 1 aromatic carbocycles. The first-order chi connectivity index (χ1) is 11.5. The van der Waals surface area contributed by atoms with E-state index in [4.69, 9.17) is 16.0 Å². The van der Waals surface area contributed by atoms with Crippen molar-refractivity contribution >= 4 is 17.5 Å². The van der Waals surface area contributed by atoms with E-state index < -0.39 is 11.5 Å². The molecule has 5 heteroatoms. The molecule has 0 aliphatic heterocycles. The van der Waals surface area contributed by atoms with Gasteiger partial charge < -0.3 is 14.8 Å². The molecular formula is C19H22ClNO3. The van der Waals surface area contributed by atoms with Gasteiger partial charge in [0, 0.05) is 17.5 Å². The lowest BCUT2D eigenvalue weighted by Gasteiger charge is -2.41. The third kappa shape index (κ3) is 3.35. The van der Waals surface area contributed by atoms with Crippen LogP contribution in [-0.2, 0) is 10.2 Å². The van der Waals surface area contributed by atoms with Crippen LogP contribution in [0, 0.1) is 0 Å². The Morgan fingerprint density at radius 2 is 2.04 bits per heavy atom. The molecule has 0 saturated heterocycles. The summed E-state index contributed by atoms with van der Waals surface area (Å²) in [5, 5.41) is 13.9. The molecule has 2 atom stereocenters. The van der Waals surface area contributed by atoms with Crippen LogP contribution in [0.3, 0.4) is 0 Å². The number of furan rings is 1. The maximum Gasteiger partial charge on any atom is 0.230 e. The van der Waals surface area contributed by atoms with E-state index in [1.165, 1.54) is 6.26 Å². The Labute approximate surface area is 146 Å². The average Bonchev–Trinajstić information content (AvgIpc) is 3.02. The fourth-order valence-electron chi connectivity index (χ4n) is 3.30. The van der Waals surface area contributed by atoms with Crippen molar-refractivity contribution in [2.75, 3.05) is 0 Å². The second-order valence-corrected chi connectivity index (χ2v) is 7.02.